The van der Waals surface area contributed by atoms with Gasteiger partial charge in [0.05, 0.1) is 6.04 Å². The van der Waals surface area contributed by atoms with Gasteiger partial charge in [-0.3, -0.25) is 4.79 Å². The molecule has 4 rings (SSSR count). The molecule has 0 saturated carbocycles. The number of carbonyl (C=O) groups is 1. The first-order valence-electron chi connectivity index (χ1n) is 8.26. The van der Waals surface area contributed by atoms with Crippen LogP contribution in [0.15, 0.2) is 53.2 Å². The van der Waals surface area contributed by atoms with Crippen molar-refractivity contribution in [2.45, 2.75) is 18.2 Å². The third-order valence-electron chi connectivity index (χ3n) is 4.52. The Bertz CT molecular complexity index is 869. The van der Waals surface area contributed by atoms with E-state index in [1.807, 2.05) is 29.5 Å². The van der Waals surface area contributed by atoms with E-state index in [-0.39, 0.29) is 11.9 Å². The van der Waals surface area contributed by atoms with E-state index in [1.165, 1.54) is 20.9 Å². The van der Waals surface area contributed by atoms with Gasteiger partial charge in [0, 0.05) is 27.6 Å². The lowest BCUT2D eigenvalue weighted by Gasteiger charge is -2.35. The third kappa shape index (κ3) is 3.28. The van der Waals surface area contributed by atoms with Gasteiger partial charge in [-0.1, -0.05) is 18.2 Å². The number of rotatable bonds is 4. The van der Waals surface area contributed by atoms with E-state index in [1.54, 1.807) is 23.1 Å². The summed E-state index contributed by atoms with van der Waals surface area (Å²) < 4.78 is 0. The van der Waals surface area contributed by atoms with Crippen molar-refractivity contribution in [2.24, 2.45) is 0 Å². The highest BCUT2D eigenvalue weighted by Gasteiger charge is 2.33. The summed E-state index contributed by atoms with van der Waals surface area (Å²) in [6.07, 6.45) is 3.04. The molecular formula is C20H19NOS3. The monoisotopic (exact) mass is 385 g/mol. The Morgan fingerprint density at radius 1 is 1.20 bits per heavy atom. The maximum atomic E-state index is 13.3. The lowest BCUT2D eigenvalue weighted by atomic mass is 9.97. The van der Waals surface area contributed by atoms with Crippen LogP contribution in [0.25, 0.3) is 0 Å². The van der Waals surface area contributed by atoms with Gasteiger partial charge in [0.1, 0.15) is 0 Å². The second kappa shape index (κ2) is 7.36. The molecule has 1 aliphatic rings. The zero-order chi connectivity index (χ0) is 17.2. The SMILES string of the molecule is CSCc1cccc(C(=O)N2CCc3sccc3[C@H]2c2cccs2)c1. The Labute approximate surface area is 160 Å². The molecule has 0 spiro atoms. The third-order valence-corrected chi connectivity index (χ3v) is 7.07. The average Bonchev–Trinajstić information content (AvgIpc) is 3.32. The molecule has 0 radical (unpaired) electrons. The summed E-state index contributed by atoms with van der Waals surface area (Å²) in [6, 6.07) is 14.5. The van der Waals surface area contributed by atoms with Crippen LogP contribution in [0.4, 0.5) is 0 Å². The molecule has 0 aliphatic carbocycles. The second-order valence-electron chi connectivity index (χ2n) is 6.10. The van der Waals surface area contributed by atoms with Crippen LogP contribution in [-0.4, -0.2) is 23.6 Å². The van der Waals surface area contributed by atoms with E-state index in [0.717, 1.165) is 24.3 Å². The predicted molar refractivity (Wildman–Crippen MR) is 109 cm³/mol. The molecule has 0 fully saturated rings. The van der Waals surface area contributed by atoms with E-state index < -0.39 is 0 Å². The lowest BCUT2D eigenvalue weighted by Crippen LogP contribution is -2.39. The van der Waals surface area contributed by atoms with E-state index in [9.17, 15) is 4.79 Å². The molecule has 0 N–H and O–H groups in total. The van der Waals surface area contributed by atoms with Gasteiger partial charge >= 0.3 is 0 Å². The molecule has 2 nitrogen and oxygen atoms in total. The average molecular weight is 386 g/mol. The van der Waals surface area contributed by atoms with Gasteiger partial charge in [-0.2, -0.15) is 11.8 Å². The largest absolute Gasteiger partial charge is 0.326 e. The Hall–Kier alpha value is -1.56. The molecule has 3 aromatic rings. The molecule has 0 unspecified atom stereocenters. The van der Waals surface area contributed by atoms with Gasteiger partial charge in [0.25, 0.3) is 5.91 Å². The molecule has 1 aromatic carbocycles. The fourth-order valence-corrected chi connectivity index (χ4v) is 5.69. The molecule has 0 bridgehead atoms. The van der Waals surface area contributed by atoms with E-state index in [2.05, 4.69) is 46.2 Å². The summed E-state index contributed by atoms with van der Waals surface area (Å²) in [5.74, 6) is 1.07. The van der Waals surface area contributed by atoms with Crippen LogP contribution in [0.1, 0.15) is 37.3 Å². The van der Waals surface area contributed by atoms with Crippen molar-refractivity contribution in [3.8, 4) is 0 Å². The van der Waals surface area contributed by atoms with Gasteiger partial charge in [-0.15, -0.1) is 22.7 Å². The van der Waals surface area contributed by atoms with Crippen LogP contribution >= 0.6 is 34.4 Å². The number of carbonyl (C=O) groups excluding carboxylic acids is 1. The summed E-state index contributed by atoms with van der Waals surface area (Å²) in [6.45, 7) is 0.779. The fraction of sp³-hybridized carbons (Fsp3) is 0.250. The molecule has 5 heteroatoms. The molecule has 1 aliphatic heterocycles. The smallest absolute Gasteiger partial charge is 0.254 e. The van der Waals surface area contributed by atoms with Crippen molar-refractivity contribution in [1.29, 1.82) is 0 Å². The first-order chi connectivity index (χ1) is 12.3. The van der Waals surface area contributed by atoms with Gasteiger partial charge in [-0.05, 0) is 58.8 Å². The van der Waals surface area contributed by atoms with Crippen molar-refractivity contribution in [3.05, 3.63) is 79.7 Å². The van der Waals surface area contributed by atoms with Crippen molar-refractivity contribution < 1.29 is 4.79 Å². The quantitative estimate of drug-likeness (QED) is 0.594. The van der Waals surface area contributed by atoms with Crippen molar-refractivity contribution in [3.63, 3.8) is 0 Å². The van der Waals surface area contributed by atoms with Crippen LogP contribution < -0.4 is 0 Å². The number of thiophene rings is 2. The Morgan fingerprint density at radius 3 is 2.92 bits per heavy atom. The normalized spacial score (nSPS) is 16.7. The summed E-state index contributed by atoms with van der Waals surface area (Å²) in [5, 5.41) is 4.25. The van der Waals surface area contributed by atoms with Crippen molar-refractivity contribution in [1.82, 2.24) is 4.90 Å². The number of nitrogens with zero attached hydrogens (tertiary/aromatic N) is 1. The van der Waals surface area contributed by atoms with E-state index >= 15 is 0 Å². The maximum absolute atomic E-state index is 13.3. The van der Waals surface area contributed by atoms with Crippen molar-refractivity contribution >= 4 is 40.3 Å². The first-order valence-corrected chi connectivity index (χ1v) is 11.4. The Kier molecular flexibility index (Phi) is 4.97. The first kappa shape index (κ1) is 16.9. The minimum absolute atomic E-state index is 0.0479. The predicted octanol–water partition coefficient (Wildman–Crippen LogP) is 5.46. The minimum Gasteiger partial charge on any atom is -0.326 e. The highest BCUT2D eigenvalue weighted by Crippen LogP contribution is 2.40. The highest BCUT2D eigenvalue weighted by molar-refractivity contribution is 7.97. The number of fused-ring (bicyclic) bond motifs is 1. The molecular weight excluding hydrogens is 366 g/mol. The number of hydrogen-bond donors (Lipinski definition) is 0. The van der Waals surface area contributed by atoms with Crippen LogP contribution in [0, 0.1) is 0 Å². The van der Waals surface area contributed by atoms with Crippen LogP contribution in [0.2, 0.25) is 0 Å². The second-order valence-corrected chi connectivity index (χ2v) is 8.94. The fourth-order valence-electron chi connectivity index (χ4n) is 3.42. The van der Waals surface area contributed by atoms with Crippen LogP contribution in [0.3, 0.4) is 0 Å². The topological polar surface area (TPSA) is 20.3 Å². The van der Waals surface area contributed by atoms with Gasteiger partial charge in [-0.25, -0.2) is 0 Å². The van der Waals surface area contributed by atoms with Gasteiger partial charge in [0.2, 0.25) is 0 Å². The molecule has 1 atom stereocenters. The Morgan fingerprint density at radius 2 is 2.12 bits per heavy atom. The standard InChI is InChI=1S/C20H19NOS3/c1-23-13-14-4-2-5-15(12-14)20(22)21-9-7-17-16(8-11-25-17)19(21)18-6-3-10-24-18/h2-6,8,10-12,19H,7,9,13H2,1H3/t19-/m0/s1. The lowest BCUT2D eigenvalue weighted by molar-refractivity contribution is 0.0698. The summed E-state index contributed by atoms with van der Waals surface area (Å²) in [4.78, 5) is 18.0. The molecule has 0 saturated heterocycles. The highest BCUT2D eigenvalue weighted by atomic mass is 32.2. The number of benzene rings is 1. The van der Waals surface area contributed by atoms with Crippen molar-refractivity contribution in [2.75, 3.05) is 12.8 Å². The summed E-state index contributed by atoms with van der Waals surface area (Å²) >= 11 is 5.32. The van der Waals surface area contributed by atoms with Gasteiger partial charge < -0.3 is 4.90 Å². The Balaban J connectivity index is 1.71. The van der Waals surface area contributed by atoms with Crippen LogP contribution in [-0.2, 0) is 12.2 Å². The molecule has 3 heterocycles. The zero-order valence-corrected chi connectivity index (χ0v) is 16.4. The van der Waals surface area contributed by atoms with Crippen LogP contribution in [0.5, 0.6) is 0 Å². The summed E-state index contributed by atoms with van der Waals surface area (Å²) in [7, 11) is 0. The number of hydrogen-bond acceptors (Lipinski definition) is 4. The number of thioether (sulfide) groups is 1. The number of amides is 1. The maximum Gasteiger partial charge on any atom is 0.254 e. The zero-order valence-electron chi connectivity index (χ0n) is 14.0. The molecule has 128 valence electrons. The summed E-state index contributed by atoms with van der Waals surface area (Å²) in [5.41, 5.74) is 3.30. The molecule has 25 heavy (non-hydrogen) atoms. The molecule has 2 aromatic heterocycles. The molecule has 1 amide bonds. The van der Waals surface area contributed by atoms with Gasteiger partial charge in [0.15, 0.2) is 0 Å². The van der Waals surface area contributed by atoms with E-state index in [0.29, 0.717) is 0 Å². The van der Waals surface area contributed by atoms with E-state index in [4.69, 9.17) is 0 Å². The minimum atomic E-state index is 0.0479.